The van der Waals surface area contributed by atoms with E-state index in [2.05, 4.69) is 0 Å². The number of rotatable bonds is 0. The van der Waals surface area contributed by atoms with Gasteiger partial charge in [0.2, 0.25) is 0 Å². The minimum absolute atomic E-state index is 0. The van der Waals surface area contributed by atoms with Gasteiger partial charge in [0.15, 0.2) is 0 Å². The van der Waals surface area contributed by atoms with E-state index in [-0.39, 0.29) is 49.8 Å². The van der Waals surface area contributed by atoms with Crippen LogP contribution in [-0.2, 0) is 3.02 Å². The zero-order chi connectivity index (χ0) is 2.00. The van der Waals surface area contributed by atoms with Gasteiger partial charge in [0, 0.05) is 0 Å². The van der Waals surface area contributed by atoms with Crippen LogP contribution in [0.5, 0.6) is 0 Å². The molecule has 26 valence electrons. The Morgan fingerprint density at radius 1 is 1.25 bits per heavy atom. The molecule has 0 atom stereocenters. The van der Waals surface area contributed by atoms with E-state index in [1.165, 1.54) is 0 Å². The first kappa shape index (κ1) is 16.3. The Morgan fingerprint density at radius 2 is 1.25 bits per heavy atom. The van der Waals surface area contributed by atoms with E-state index >= 15 is 0 Å². The predicted octanol–water partition coefficient (Wildman–Crippen LogP) is -3.40. The summed E-state index contributed by atoms with van der Waals surface area (Å²) in [7, 11) is 0. The van der Waals surface area contributed by atoms with Crippen molar-refractivity contribution in [3.8, 4) is 0 Å². The fourth-order valence-corrected chi connectivity index (χ4v) is 0. The maximum atomic E-state index is 8.34. The molecular formula is H8InOSbSn. The van der Waals surface area contributed by atoms with Gasteiger partial charge in [0.25, 0.3) is 0 Å². The molecule has 0 bridgehead atoms. The van der Waals surface area contributed by atoms with E-state index in [0.29, 0.717) is 23.0 Å². The molecule has 0 aromatic heterocycles. The second kappa shape index (κ2) is 18.6. The molecule has 0 aromatic rings. The van der Waals surface area contributed by atoms with Crippen molar-refractivity contribution in [3.63, 3.8) is 0 Å². The van der Waals surface area contributed by atoms with E-state index in [1.807, 2.05) is 0 Å². The third kappa shape index (κ3) is 8.86. The molecule has 0 aromatic carbocycles. The third-order valence-corrected chi connectivity index (χ3v) is 0. The van der Waals surface area contributed by atoms with Crippen LogP contribution in [0.4, 0.5) is 0 Å². The van der Waals surface area contributed by atoms with Crippen LogP contribution in [-0.4, -0.2) is 72.8 Å². The van der Waals surface area contributed by atoms with Gasteiger partial charge in [-0.1, -0.05) is 0 Å². The molecular weight excluding hydrogens is 371 g/mol. The van der Waals surface area contributed by atoms with Crippen molar-refractivity contribution in [1.29, 1.82) is 0 Å². The predicted molar refractivity (Wildman–Crippen MR) is 29.1 cm³/mol. The second-order valence-electron chi connectivity index (χ2n) is 0. The second-order valence-corrected chi connectivity index (χ2v) is 0. The van der Waals surface area contributed by atoms with Crippen LogP contribution in [0, 0.1) is 0 Å². The molecule has 0 fully saturated rings. The van der Waals surface area contributed by atoms with E-state index in [4.69, 9.17) is 3.02 Å². The van der Waals surface area contributed by atoms with Gasteiger partial charge in [-0.25, -0.2) is 0 Å². The molecule has 0 radical (unpaired) electrons. The fourth-order valence-electron chi connectivity index (χ4n) is 0. The standard InChI is InChI=1S/In.O.Sb.Sn.8H. The molecule has 4 heavy (non-hydrogen) atoms. The summed E-state index contributed by atoms with van der Waals surface area (Å²) < 4.78 is 8.34. The maximum absolute atomic E-state index is 8.34. The molecule has 0 saturated carbocycles. The van der Waals surface area contributed by atoms with E-state index in [1.54, 1.807) is 0 Å². The van der Waals surface area contributed by atoms with Crippen molar-refractivity contribution in [2.75, 3.05) is 0 Å². The average Bonchev–Trinajstić information content (AvgIpc) is 1.00. The van der Waals surface area contributed by atoms with Crippen LogP contribution in [0.25, 0.3) is 0 Å². The summed E-state index contributed by atoms with van der Waals surface area (Å²) in [4.78, 5) is 0. The van der Waals surface area contributed by atoms with Gasteiger partial charge in [-0.05, 0) is 0 Å². The topological polar surface area (TPSA) is 17.1 Å². The molecule has 0 amide bonds. The first-order chi connectivity index (χ1) is 1.00. The van der Waals surface area contributed by atoms with Crippen LogP contribution in [0.15, 0.2) is 0 Å². The molecule has 4 heteroatoms. The molecule has 0 N–H and O–H groups in total. The van der Waals surface area contributed by atoms with Gasteiger partial charge in [-0.2, -0.15) is 0 Å². The Labute approximate surface area is 74.5 Å². The number of hydrogen-bond acceptors (Lipinski definition) is 1. The molecule has 0 spiro atoms. The van der Waals surface area contributed by atoms with Gasteiger partial charge in [-0.15, -0.1) is 0 Å². The summed E-state index contributed by atoms with van der Waals surface area (Å²) in [6.45, 7) is 0. The first-order valence-corrected chi connectivity index (χ1v) is 1.37. The van der Waals surface area contributed by atoms with Crippen molar-refractivity contribution in [1.82, 2.24) is 0 Å². The molecule has 0 aliphatic carbocycles. The third-order valence-electron chi connectivity index (χ3n) is 0. The van der Waals surface area contributed by atoms with Gasteiger partial charge in [0.05, 0.1) is 0 Å². The van der Waals surface area contributed by atoms with Crippen LogP contribution in [0.1, 0.15) is 0 Å². The summed E-state index contributed by atoms with van der Waals surface area (Å²) in [6, 6.07) is 0. The van der Waals surface area contributed by atoms with Crippen LogP contribution in [0.3, 0.4) is 0 Å². The summed E-state index contributed by atoms with van der Waals surface area (Å²) >= 11 is 0.300. The Hall–Kier alpha value is 2.29. The fraction of sp³-hybridized carbons (Fsp3) is 0. The summed E-state index contributed by atoms with van der Waals surface area (Å²) in [6.07, 6.45) is 0. The van der Waals surface area contributed by atoms with E-state index < -0.39 is 0 Å². The molecule has 0 aliphatic heterocycles. The molecule has 0 rings (SSSR count). The van der Waals surface area contributed by atoms with E-state index in [0.717, 1.165) is 0 Å². The summed E-state index contributed by atoms with van der Waals surface area (Å²) in [5.41, 5.74) is 0. The monoisotopic (exact) mass is 380 g/mol. The van der Waals surface area contributed by atoms with Crippen LogP contribution in [0.2, 0.25) is 0 Å². The molecule has 1 nitrogen and oxygen atoms in total. The summed E-state index contributed by atoms with van der Waals surface area (Å²) in [5.74, 6) is 0. The van der Waals surface area contributed by atoms with Gasteiger partial charge >= 0.3 is 75.8 Å². The Kier molecular flexibility index (Phi) is 75.5. The van der Waals surface area contributed by atoms with E-state index in [9.17, 15) is 0 Å². The molecule has 0 heterocycles. The van der Waals surface area contributed by atoms with Crippen molar-refractivity contribution in [3.05, 3.63) is 0 Å². The SMILES string of the molecule is [InH3].[O]=[SbH].[SnH4]. The molecule has 0 unspecified atom stereocenters. The molecule has 0 aliphatic rings. The normalized spacial score (nSPS) is 1.00. The Morgan fingerprint density at radius 3 is 1.25 bits per heavy atom. The van der Waals surface area contributed by atoms with Crippen LogP contribution >= 0.6 is 0 Å². The summed E-state index contributed by atoms with van der Waals surface area (Å²) in [5, 5.41) is 0. The van der Waals surface area contributed by atoms with Gasteiger partial charge in [-0.3, -0.25) is 0 Å². The van der Waals surface area contributed by atoms with Crippen molar-refractivity contribution in [2.45, 2.75) is 0 Å². The van der Waals surface area contributed by atoms with Crippen LogP contribution < -0.4 is 0 Å². The van der Waals surface area contributed by atoms with Gasteiger partial charge in [0.1, 0.15) is 0 Å². The van der Waals surface area contributed by atoms with Crippen molar-refractivity contribution >= 4 is 72.8 Å². The molecule has 0 saturated heterocycles. The Balaban J connectivity index is -0.00000000500. The average molecular weight is 379 g/mol. The minimum atomic E-state index is 0. The zero-order valence-electron chi connectivity index (χ0n) is 0.908. The zero-order valence-corrected chi connectivity index (χ0v) is 3.76. The van der Waals surface area contributed by atoms with Gasteiger partial charge < -0.3 is 0 Å². The number of hydrogen-bond donors (Lipinski definition) is 0. The van der Waals surface area contributed by atoms with Crippen molar-refractivity contribution < 1.29 is 3.02 Å². The Bertz CT molecular complexity index is 8.00. The first-order valence-electron chi connectivity index (χ1n) is 0.204. The van der Waals surface area contributed by atoms with Crippen molar-refractivity contribution in [2.24, 2.45) is 0 Å². The quantitative estimate of drug-likeness (QED) is 0.401.